The van der Waals surface area contributed by atoms with Crippen LogP contribution in [0.1, 0.15) is 53.4 Å². The molecule has 35 heavy (non-hydrogen) atoms. The molecule has 0 fully saturated rings. The van der Waals surface area contributed by atoms with E-state index in [0.29, 0.717) is 26.4 Å². The maximum atomic E-state index is 9.41. The van der Waals surface area contributed by atoms with Crippen molar-refractivity contribution in [1.82, 2.24) is 0 Å². The van der Waals surface area contributed by atoms with Crippen molar-refractivity contribution < 1.29 is 27.9 Å². The van der Waals surface area contributed by atoms with Crippen molar-refractivity contribution in [3.8, 4) is 0 Å². The summed E-state index contributed by atoms with van der Waals surface area (Å²) in [5, 5.41) is 18.7. The summed E-state index contributed by atoms with van der Waals surface area (Å²) in [6.07, 6.45) is 4.03. The first-order chi connectivity index (χ1) is 16.5. The number of aliphatic hydroxyl groups is 2. The third-order valence-corrected chi connectivity index (χ3v) is 13.1. The Kier molecular flexibility index (Phi) is 21.5. The standard InChI is InChI=1S/C24H52O6S3Si2/c1-7-10-24(32)33-12-9-14-35(6,28-18-22(3)16-26)30-20-23(4)19-29-34(5,13-8-11-31)27-17-21(2)15-25/h21-23,25-26,31H,7-20H2,1-6H3. The second kappa shape index (κ2) is 20.9. The molecule has 0 saturated heterocycles. The van der Waals surface area contributed by atoms with Gasteiger partial charge in [-0.15, -0.1) is 11.8 Å². The van der Waals surface area contributed by atoms with Gasteiger partial charge in [-0.25, -0.2) is 0 Å². The van der Waals surface area contributed by atoms with E-state index in [2.05, 4.69) is 39.6 Å². The molecule has 0 saturated carbocycles. The molecule has 0 amide bonds. The van der Waals surface area contributed by atoms with Crippen LogP contribution in [0.25, 0.3) is 0 Å². The molecule has 0 spiro atoms. The van der Waals surface area contributed by atoms with Crippen molar-refractivity contribution in [2.24, 2.45) is 17.8 Å². The first-order valence-electron chi connectivity index (χ1n) is 13.1. The summed E-state index contributed by atoms with van der Waals surface area (Å²) < 4.78 is 26.4. The molecule has 0 bridgehead atoms. The van der Waals surface area contributed by atoms with E-state index in [1.54, 1.807) is 11.8 Å². The summed E-state index contributed by atoms with van der Waals surface area (Å²) in [5.41, 5.74) is 0. The summed E-state index contributed by atoms with van der Waals surface area (Å²) in [7, 11) is -4.74. The van der Waals surface area contributed by atoms with Crippen LogP contribution in [0.2, 0.25) is 25.2 Å². The fourth-order valence-electron chi connectivity index (χ4n) is 3.06. The maximum absolute atomic E-state index is 9.41. The van der Waals surface area contributed by atoms with E-state index in [1.165, 1.54) is 0 Å². The molecule has 0 aliphatic rings. The average Bonchev–Trinajstić information content (AvgIpc) is 2.85. The van der Waals surface area contributed by atoms with Crippen LogP contribution in [0.4, 0.5) is 0 Å². The minimum Gasteiger partial charge on any atom is -0.396 e. The van der Waals surface area contributed by atoms with Gasteiger partial charge in [0.1, 0.15) is 0 Å². The summed E-state index contributed by atoms with van der Waals surface area (Å²) in [6.45, 7) is 14.9. The fraction of sp³-hybridized carbons (Fsp3) is 0.958. The van der Waals surface area contributed by atoms with Gasteiger partial charge in [0.2, 0.25) is 0 Å². The third-order valence-electron chi connectivity index (χ3n) is 5.60. The lowest BCUT2D eigenvalue weighted by Crippen LogP contribution is -2.43. The molecule has 210 valence electrons. The largest absolute Gasteiger partial charge is 0.396 e. The molecule has 5 unspecified atom stereocenters. The molecular formula is C24H52O6S3Si2. The Hall–Kier alpha value is 0.984. The summed E-state index contributed by atoms with van der Waals surface area (Å²) >= 11 is 11.5. The van der Waals surface area contributed by atoms with E-state index in [4.69, 9.17) is 29.9 Å². The zero-order valence-corrected chi connectivity index (χ0v) is 27.5. The minimum absolute atomic E-state index is 0.0923. The number of aliphatic hydroxyl groups excluding tert-OH is 2. The first kappa shape index (κ1) is 36.0. The molecule has 2 N–H and O–H groups in total. The van der Waals surface area contributed by atoms with E-state index in [0.717, 1.165) is 53.5 Å². The van der Waals surface area contributed by atoms with Gasteiger partial charge in [-0.1, -0.05) is 46.3 Å². The number of thiol groups is 1. The van der Waals surface area contributed by atoms with Gasteiger partial charge in [0.15, 0.2) is 0 Å². The molecule has 0 rings (SSSR count). The van der Waals surface area contributed by atoms with Gasteiger partial charge in [0.05, 0.1) is 0 Å². The Balaban J connectivity index is 4.82. The average molecular weight is 589 g/mol. The topological polar surface area (TPSA) is 77.4 Å². The number of hydrogen-bond acceptors (Lipinski definition) is 9. The lowest BCUT2D eigenvalue weighted by molar-refractivity contribution is 0.0871. The highest BCUT2D eigenvalue weighted by molar-refractivity contribution is 8.23. The SMILES string of the molecule is CCCC(=S)SCCC[Si](C)(OCC(C)CO)OCC(C)CO[Si](C)(CCCS)OCC(C)CO. The van der Waals surface area contributed by atoms with Gasteiger partial charge >= 0.3 is 17.1 Å². The van der Waals surface area contributed by atoms with Gasteiger partial charge in [-0.2, -0.15) is 12.6 Å². The molecule has 0 aromatic carbocycles. The second-order valence-electron chi connectivity index (χ2n) is 10.1. The fourth-order valence-corrected chi connectivity index (χ4v) is 10.0. The van der Waals surface area contributed by atoms with E-state index in [-0.39, 0.29) is 31.0 Å². The van der Waals surface area contributed by atoms with Crippen molar-refractivity contribution in [2.75, 3.05) is 51.1 Å². The van der Waals surface area contributed by atoms with Crippen LogP contribution in [0.5, 0.6) is 0 Å². The van der Waals surface area contributed by atoms with Crippen molar-refractivity contribution in [3.05, 3.63) is 0 Å². The highest BCUT2D eigenvalue weighted by Crippen LogP contribution is 2.23. The van der Waals surface area contributed by atoms with Gasteiger partial charge in [-0.3, -0.25) is 0 Å². The molecule has 0 radical (unpaired) electrons. The highest BCUT2D eigenvalue weighted by Gasteiger charge is 2.34. The van der Waals surface area contributed by atoms with E-state index in [9.17, 15) is 10.2 Å². The van der Waals surface area contributed by atoms with Crippen molar-refractivity contribution in [1.29, 1.82) is 0 Å². The number of hydrogen-bond donors (Lipinski definition) is 3. The predicted molar refractivity (Wildman–Crippen MR) is 161 cm³/mol. The second-order valence-corrected chi connectivity index (χ2v) is 19.2. The Morgan fingerprint density at radius 3 is 1.66 bits per heavy atom. The molecule has 0 aliphatic heterocycles. The lowest BCUT2D eigenvalue weighted by atomic mass is 10.2. The Morgan fingerprint density at radius 1 is 0.829 bits per heavy atom. The Bertz CT molecular complexity index is 551. The molecule has 11 heteroatoms. The molecule has 0 heterocycles. The molecule has 0 aliphatic carbocycles. The van der Waals surface area contributed by atoms with Crippen LogP contribution in [-0.4, -0.2) is 82.7 Å². The van der Waals surface area contributed by atoms with Crippen LogP contribution < -0.4 is 0 Å². The number of rotatable bonds is 23. The van der Waals surface area contributed by atoms with Crippen molar-refractivity contribution >= 4 is 57.9 Å². The Labute approximate surface area is 232 Å². The maximum Gasteiger partial charge on any atom is 0.334 e. The molecule has 6 nitrogen and oxygen atoms in total. The van der Waals surface area contributed by atoms with Crippen molar-refractivity contribution in [3.63, 3.8) is 0 Å². The quantitative estimate of drug-likeness (QED) is 0.0611. The molecule has 0 aromatic rings. The third kappa shape index (κ3) is 18.8. The van der Waals surface area contributed by atoms with Crippen LogP contribution in [0.15, 0.2) is 0 Å². The zero-order chi connectivity index (χ0) is 26.7. The van der Waals surface area contributed by atoms with Crippen molar-refractivity contribution in [2.45, 2.75) is 78.6 Å². The minimum atomic E-state index is -2.39. The lowest BCUT2D eigenvalue weighted by Gasteiger charge is -2.32. The van der Waals surface area contributed by atoms with Crippen LogP contribution in [0.3, 0.4) is 0 Å². The van der Waals surface area contributed by atoms with E-state index < -0.39 is 17.1 Å². The van der Waals surface area contributed by atoms with Crippen LogP contribution in [-0.2, 0) is 17.7 Å². The first-order valence-corrected chi connectivity index (χ1v) is 20.1. The van der Waals surface area contributed by atoms with Crippen LogP contribution in [0, 0.1) is 17.8 Å². The number of thiocarbonyl (C=S) groups is 1. The summed E-state index contributed by atoms with van der Waals surface area (Å²) in [4.78, 5) is 0. The van der Waals surface area contributed by atoms with E-state index in [1.807, 2.05) is 13.8 Å². The zero-order valence-electron chi connectivity index (χ0n) is 22.9. The van der Waals surface area contributed by atoms with Crippen LogP contribution >= 0.6 is 36.6 Å². The Morgan fingerprint density at radius 2 is 1.26 bits per heavy atom. The smallest absolute Gasteiger partial charge is 0.334 e. The summed E-state index contributed by atoms with van der Waals surface area (Å²) in [6, 6.07) is 1.78. The van der Waals surface area contributed by atoms with E-state index >= 15 is 0 Å². The highest BCUT2D eigenvalue weighted by atomic mass is 32.2. The molecular weight excluding hydrogens is 537 g/mol. The molecule has 5 atom stereocenters. The number of thioether (sulfide) groups is 1. The summed E-state index contributed by atoms with van der Waals surface area (Å²) in [5.74, 6) is 2.19. The van der Waals surface area contributed by atoms with Gasteiger partial charge in [-0.05, 0) is 56.0 Å². The van der Waals surface area contributed by atoms with Gasteiger partial charge in [0, 0.05) is 61.6 Å². The normalized spacial score (nSPS) is 18.0. The van der Waals surface area contributed by atoms with Gasteiger partial charge in [0.25, 0.3) is 0 Å². The predicted octanol–water partition coefficient (Wildman–Crippen LogP) is 5.66. The molecule has 0 aromatic heterocycles. The monoisotopic (exact) mass is 588 g/mol. The van der Waals surface area contributed by atoms with Gasteiger partial charge < -0.3 is 27.9 Å².